The van der Waals surface area contributed by atoms with E-state index in [1.54, 1.807) is 0 Å². The number of halogens is 3. The van der Waals surface area contributed by atoms with Crippen LogP contribution in [0.3, 0.4) is 0 Å². The number of carboxylic acid groups (broad SMARTS) is 1. The highest BCUT2D eigenvalue weighted by Gasteiger charge is 2.44. The maximum atomic E-state index is 10.7. The van der Waals surface area contributed by atoms with Crippen molar-refractivity contribution in [3.05, 3.63) is 0 Å². The maximum absolute atomic E-state index is 10.7. The molecule has 0 aromatic rings. The lowest BCUT2D eigenvalue weighted by Gasteiger charge is -1.97. The van der Waals surface area contributed by atoms with Crippen molar-refractivity contribution in [1.29, 1.82) is 0 Å². The average molecular weight is 282 g/mol. The normalized spacial score (nSPS) is 9.53. The molecule has 102 valence electrons. The third kappa shape index (κ3) is 20.7. The molecule has 0 aliphatic carbocycles. The fourth-order valence-corrected chi connectivity index (χ4v) is 0.112. The molecule has 0 amide bonds. The Morgan fingerprint density at radius 3 is 1.35 bits per heavy atom. The summed E-state index contributed by atoms with van der Waals surface area (Å²) in [5.41, 5.74) is -5.53. The Bertz CT molecular complexity index is 329. The van der Waals surface area contributed by atoms with Gasteiger partial charge in [-0.25, -0.2) is 0 Å². The molecule has 0 unspecified atom stereocenters. The first kappa shape index (κ1) is 21.0. The van der Waals surface area contributed by atoms with Gasteiger partial charge in [0.2, 0.25) is 0 Å². The van der Waals surface area contributed by atoms with Crippen molar-refractivity contribution in [1.82, 2.24) is 0 Å². The molecule has 0 fully saturated rings. The molecule has 0 radical (unpaired) electrons. The molecule has 0 saturated carbocycles. The second kappa shape index (κ2) is 11.1. The number of hydrogen-bond donors (Lipinski definition) is 4. The van der Waals surface area contributed by atoms with E-state index < -0.39 is 15.6 Å². The van der Waals surface area contributed by atoms with Crippen LogP contribution in [0.5, 0.6) is 0 Å². The van der Waals surface area contributed by atoms with E-state index in [9.17, 15) is 13.2 Å². The first-order valence-corrected chi connectivity index (χ1v) is 4.81. The zero-order valence-corrected chi connectivity index (χ0v) is 8.86. The smallest absolute Gasteiger partial charge is 0.483 e. The van der Waals surface area contributed by atoms with Crippen LogP contribution in [0.15, 0.2) is 0 Å². The number of rotatable bonds is 0. The van der Waals surface area contributed by atoms with E-state index in [0.29, 0.717) is 0 Å². The predicted molar refractivity (Wildman–Crippen MR) is 48.2 cm³/mol. The summed E-state index contributed by atoms with van der Waals surface area (Å²) in [4.78, 5) is 8.36. The molecule has 4 N–H and O–H groups in total. The summed E-state index contributed by atoms with van der Waals surface area (Å²) >= 11 is 0. The van der Waals surface area contributed by atoms with Crippen molar-refractivity contribution in [2.24, 2.45) is 0 Å². The number of carbonyl (C=O) groups is 1. The molecule has 7 nitrogen and oxygen atoms in total. The van der Waals surface area contributed by atoms with Crippen LogP contribution in [0.2, 0.25) is 0 Å². The monoisotopic (exact) mass is 282 g/mol. The number of aliphatic hydroxyl groups is 2. The van der Waals surface area contributed by atoms with Crippen molar-refractivity contribution in [3.8, 4) is 11.8 Å². The fourth-order valence-electron chi connectivity index (χ4n) is 0.112. The zero-order valence-electron chi connectivity index (χ0n) is 8.05. The van der Waals surface area contributed by atoms with Crippen molar-refractivity contribution in [3.63, 3.8) is 0 Å². The summed E-state index contributed by atoms with van der Waals surface area (Å²) in [5.74, 6) is 4.51. The zero-order chi connectivity index (χ0) is 14.5. The summed E-state index contributed by atoms with van der Waals surface area (Å²) in [6, 6.07) is 0. The molecule has 0 aromatic heterocycles. The Morgan fingerprint density at radius 1 is 1.12 bits per heavy atom. The summed E-state index contributed by atoms with van der Waals surface area (Å²) in [6.45, 7) is -0.582. The van der Waals surface area contributed by atoms with Gasteiger partial charge >= 0.3 is 15.6 Å². The second-order valence-electron chi connectivity index (χ2n) is 1.70. The van der Waals surface area contributed by atoms with Crippen LogP contribution in [0.1, 0.15) is 0 Å². The Kier molecular flexibility index (Phi) is 13.8. The molecular weight excluding hydrogens is 273 g/mol. The van der Waals surface area contributed by atoms with Crippen molar-refractivity contribution >= 4 is 16.6 Å². The van der Waals surface area contributed by atoms with Crippen LogP contribution in [0, 0.1) is 11.8 Å². The third-order valence-electron chi connectivity index (χ3n) is 0.576. The van der Waals surface area contributed by atoms with Gasteiger partial charge in [-0.3, -0.25) is 9.35 Å². The van der Waals surface area contributed by atoms with Crippen LogP contribution in [0.4, 0.5) is 13.2 Å². The second-order valence-corrected chi connectivity index (χ2v) is 3.11. The van der Waals surface area contributed by atoms with Crippen LogP contribution < -0.4 is 0 Å². The lowest BCUT2D eigenvalue weighted by Crippen LogP contribution is -2.21. The highest BCUT2D eigenvalue weighted by atomic mass is 32.2. The molecule has 0 rings (SSSR count). The van der Waals surface area contributed by atoms with Crippen LogP contribution in [0.25, 0.3) is 0 Å². The minimum absolute atomic E-state index is 0.166. The first-order valence-electron chi connectivity index (χ1n) is 3.37. The van der Waals surface area contributed by atoms with Crippen LogP contribution >= 0.6 is 0 Å². The van der Waals surface area contributed by atoms with E-state index >= 15 is 0 Å². The van der Waals surface area contributed by atoms with E-state index in [0.717, 1.165) is 0 Å². The Balaban J connectivity index is -0.000000193. The van der Waals surface area contributed by atoms with E-state index in [1.165, 1.54) is 0 Å². The minimum Gasteiger partial charge on any atom is -0.483 e. The number of hydrogen-bond acceptors (Lipinski definition) is 5. The molecule has 11 heteroatoms. The summed E-state index contributed by atoms with van der Waals surface area (Å²) < 4.78 is 57.5. The van der Waals surface area contributed by atoms with E-state index in [4.69, 9.17) is 33.1 Å². The summed E-state index contributed by atoms with van der Waals surface area (Å²) in [6.07, 6.45) is 0. The van der Waals surface area contributed by atoms with E-state index in [1.807, 2.05) is 0 Å². The van der Waals surface area contributed by atoms with Gasteiger partial charge in [-0.1, -0.05) is 11.8 Å². The largest absolute Gasteiger partial charge is 0.522 e. The molecule has 0 saturated heterocycles. The molecule has 17 heavy (non-hydrogen) atoms. The van der Waals surface area contributed by atoms with E-state index in [-0.39, 0.29) is 19.7 Å². The SMILES string of the molecule is O=CO.O=S(=O)(O)C(F)(F)F.OCC#CCO. The summed E-state index contributed by atoms with van der Waals surface area (Å²) in [5, 5.41) is 22.7. The highest BCUT2D eigenvalue weighted by molar-refractivity contribution is 7.86. The highest BCUT2D eigenvalue weighted by Crippen LogP contribution is 2.20. The van der Waals surface area contributed by atoms with Gasteiger partial charge in [0, 0.05) is 0 Å². The standard InChI is InChI=1S/C4H6O2.CHF3O3S.CH2O2/c5-3-1-2-4-6;2-1(3,4)8(5,6)7;2-1-3/h5-6H,3-4H2;(H,5,6,7);1H,(H,2,3). The van der Waals surface area contributed by atoms with Crippen molar-refractivity contribution < 1.29 is 46.3 Å². The lowest BCUT2D eigenvalue weighted by molar-refractivity contribution is -0.122. The molecule has 0 atom stereocenters. The quantitative estimate of drug-likeness (QED) is 0.195. The molecule has 0 bridgehead atoms. The molecule has 0 spiro atoms. The van der Waals surface area contributed by atoms with Gasteiger partial charge in [-0.05, 0) is 0 Å². The maximum Gasteiger partial charge on any atom is 0.522 e. The Morgan fingerprint density at radius 2 is 1.29 bits per heavy atom. The van der Waals surface area contributed by atoms with Gasteiger partial charge in [0.25, 0.3) is 6.47 Å². The average Bonchev–Trinajstić information content (AvgIpc) is 2.13. The van der Waals surface area contributed by atoms with Gasteiger partial charge in [0.1, 0.15) is 13.2 Å². The minimum atomic E-state index is -5.84. The lowest BCUT2D eigenvalue weighted by atomic mass is 10.6. The number of alkyl halides is 3. The summed E-state index contributed by atoms with van der Waals surface area (Å²) in [7, 11) is -5.84. The van der Waals surface area contributed by atoms with Gasteiger partial charge < -0.3 is 15.3 Å². The van der Waals surface area contributed by atoms with Gasteiger partial charge in [-0.15, -0.1) is 0 Å². The van der Waals surface area contributed by atoms with Crippen LogP contribution in [-0.4, -0.2) is 53.5 Å². The van der Waals surface area contributed by atoms with Gasteiger partial charge in [0.05, 0.1) is 0 Å². The van der Waals surface area contributed by atoms with Gasteiger partial charge in [0.15, 0.2) is 0 Å². The topological polar surface area (TPSA) is 132 Å². The Labute approximate surface area is 94.2 Å². The molecule has 0 heterocycles. The van der Waals surface area contributed by atoms with Gasteiger partial charge in [-0.2, -0.15) is 21.6 Å². The van der Waals surface area contributed by atoms with Crippen molar-refractivity contribution in [2.45, 2.75) is 5.51 Å². The molecule has 0 aromatic carbocycles. The number of aliphatic hydroxyl groups excluding tert-OH is 2. The first-order chi connectivity index (χ1) is 7.58. The Hall–Kier alpha value is -1.35. The molecule has 0 aliphatic rings. The van der Waals surface area contributed by atoms with Crippen molar-refractivity contribution in [2.75, 3.05) is 13.2 Å². The third-order valence-corrected chi connectivity index (χ3v) is 1.16. The van der Waals surface area contributed by atoms with E-state index in [2.05, 4.69) is 11.8 Å². The predicted octanol–water partition coefficient (Wildman–Crippen LogP) is -0.931. The molecular formula is C6H9F3O7S. The fraction of sp³-hybridized carbons (Fsp3) is 0.500. The van der Waals surface area contributed by atoms with Crippen LogP contribution in [-0.2, 0) is 14.9 Å². The molecule has 0 aliphatic heterocycles.